The highest BCUT2D eigenvalue weighted by molar-refractivity contribution is 6.31. The van der Waals surface area contributed by atoms with Crippen LogP contribution in [-0.2, 0) is 6.54 Å². The lowest BCUT2D eigenvalue weighted by atomic mass is 9.90. The van der Waals surface area contributed by atoms with Crippen molar-refractivity contribution in [1.82, 2.24) is 15.3 Å². The standard InChI is InChI=1S/C21H23ClN4/c22-16-3-8-19-20(9-11-24-21(19)12-16)26-18-6-4-17(5-7-18)25-14-15-2-1-10-23-13-15/h1-3,8-13,17-18,25H,4-7,14H2,(H,24,26)/t17-,18+. The minimum atomic E-state index is 0.507. The molecule has 0 aliphatic heterocycles. The molecule has 0 spiro atoms. The van der Waals surface area contributed by atoms with Crippen LogP contribution < -0.4 is 10.6 Å². The van der Waals surface area contributed by atoms with E-state index in [4.69, 9.17) is 11.6 Å². The predicted molar refractivity (Wildman–Crippen MR) is 107 cm³/mol. The van der Waals surface area contributed by atoms with Crippen molar-refractivity contribution in [2.24, 2.45) is 0 Å². The SMILES string of the molecule is Clc1ccc2c(N[C@H]3CC[C@@H](NCc4cccnc4)CC3)ccnc2c1. The van der Waals surface area contributed by atoms with E-state index < -0.39 is 0 Å². The van der Waals surface area contributed by atoms with Gasteiger partial charge in [0.05, 0.1) is 5.52 Å². The van der Waals surface area contributed by atoms with Crippen LogP contribution in [0, 0.1) is 0 Å². The van der Waals surface area contributed by atoms with Gasteiger partial charge in [-0.3, -0.25) is 9.97 Å². The second-order valence-electron chi connectivity index (χ2n) is 6.96. The van der Waals surface area contributed by atoms with Gasteiger partial charge in [-0.1, -0.05) is 17.7 Å². The molecule has 1 aromatic carbocycles. The molecular formula is C21H23ClN4. The third-order valence-corrected chi connectivity index (χ3v) is 5.34. The lowest BCUT2D eigenvalue weighted by Gasteiger charge is -2.30. The first-order valence-electron chi connectivity index (χ1n) is 9.21. The number of rotatable bonds is 5. The Hall–Kier alpha value is -2.17. The summed E-state index contributed by atoms with van der Waals surface area (Å²) in [6.45, 7) is 0.895. The summed E-state index contributed by atoms with van der Waals surface area (Å²) in [6, 6.07) is 13.2. The number of halogens is 1. The summed E-state index contributed by atoms with van der Waals surface area (Å²) in [4.78, 5) is 8.60. The lowest BCUT2D eigenvalue weighted by Crippen LogP contribution is -2.36. The lowest BCUT2D eigenvalue weighted by molar-refractivity contribution is 0.353. The van der Waals surface area contributed by atoms with E-state index >= 15 is 0 Å². The fourth-order valence-electron chi connectivity index (χ4n) is 3.67. The van der Waals surface area contributed by atoms with Crippen molar-refractivity contribution >= 4 is 28.2 Å². The molecule has 26 heavy (non-hydrogen) atoms. The fourth-order valence-corrected chi connectivity index (χ4v) is 3.84. The number of aromatic nitrogens is 2. The average Bonchev–Trinajstić information content (AvgIpc) is 2.68. The molecule has 0 amide bonds. The molecule has 5 heteroatoms. The molecule has 4 rings (SSSR count). The van der Waals surface area contributed by atoms with Gasteiger partial charge in [0.2, 0.25) is 0 Å². The molecule has 0 atom stereocenters. The second-order valence-corrected chi connectivity index (χ2v) is 7.39. The van der Waals surface area contributed by atoms with Gasteiger partial charge in [0, 0.05) is 53.3 Å². The van der Waals surface area contributed by atoms with Gasteiger partial charge in [-0.05, 0) is 61.6 Å². The normalized spacial score (nSPS) is 20.2. The number of anilines is 1. The minimum Gasteiger partial charge on any atom is -0.382 e. The maximum absolute atomic E-state index is 6.08. The Labute approximate surface area is 159 Å². The van der Waals surface area contributed by atoms with E-state index in [0.29, 0.717) is 12.1 Å². The monoisotopic (exact) mass is 366 g/mol. The molecule has 1 fully saturated rings. The summed E-state index contributed by atoms with van der Waals surface area (Å²) in [7, 11) is 0. The molecule has 4 nitrogen and oxygen atoms in total. The number of nitrogens with one attached hydrogen (secondary N) is 2. The minimum absolute atomic E-state index is 0.507. The molecule has 0 radical (unpaired) electrons. The Morgan fingerprint density at radius 2 is 1.85 bits per heavy atom. The van der Waals surface area contributed by atoms with Crippen LogP contribution in [0.5, 0.6) is 0 Å². The van der Waals surface area contributed by atoms with Crippen LogP contribution >= 0.6 is 11.6 Å². The van der Waals surface area contributed by atoms with Crippen LogP contribution in [0.1, 0.15) is 31.2 Å². The number of benzene rings is 1. The van der Waals surface area contributed by atoms with Crippen LogP contribution in [0.15, 0.2) is 55.0 Å². The smallest absolute Gasteiger partial charge is 0.0737 e. The summed E-state index contributed by atoms with van der Waals surface area (Å²) < 4.78 is 0. The maximum Gasteiger partial charge on any atom is 0.0737 e. The molecule has 0 unspecified atom stereocenters. The Morgan fingerprint density at radius 3 is 2.65 bits per heavy atom. The van der Waals surface area contributed by atoms with Crippen LogP contribution in [0.4, 0.5) is 5.69 Å². The first-order valence-corrected chi connectivity index (χ1v) is 9.59. The third kappa shape index (κ3) is 4.14. The molecule has 1 aliphatic rings. The first-order chi connectivity index (χ1) is 12.8. The number of hydrogen-bond donors (Lipinski definition) is 2. The zero-order valence-electron chi connectivity index (χ0n) is 14.7. The van der Waals surface area contributed by atoms with Crippen molar-refractivity contribution < 1.29 is 0 Å². The molecule has 134 valence electrons. The average molecular weight is 367 g/mol. The molecule has 0 bridgehead atoms. The summed E-state index contributed by atoms with van der Waals surface area (Å²) in [5, 5.41) is 9.24. The highest BCUT2D eigenvalue weighted by atomic mass is 35.5. The van der Waals surface area contributed by atoms with Crippen LogP contribution in [-0.4, -0.2) is 22.1 Å². The Morgan fingerprint density at radius 1 is 1.00 bits per heavy atom. The van der Waals surface area contributed by atoms with E-state index in [1.165, 1.54) is 31.2 Å². The van der Waals surface area contributed by atoms with Gasteiger partial charge in [0.1, 0.15) is 0 Å². The van der Waals surface area contributed by atoms with Crippen molar-refractivity contribution in [3.05, 3.63) is 65.6 Å². The molecular weight excluding hydrogens is 344 g/mol. The van der Waals surface area contributed by atoms with E-state index in [1.807, 2.05) is 42.9 Å². The van der Waals surface area contributed by atoms with Crippen molar-refractivity contribution in [1.29, 1.82) is 0 Å². The largest absolute Gasteiger partial charge is 0.382 e. The van der Waals surface area contributed by atoms with E-state index in [-0.39, 0.29) is 0 Å². The van der Waals surface area contributed by atoms with Crippen LogP contribution in [0.25, 0.3) is 10.9 Å². The van der Waals surface area contributed by atoms with E-state index in [0.717, 1.165) is 28.2 Å². The molecule has 3 aromatic rings. The third-order valence-electron chi connectivity index (χ3n) is 5.11. The number of pyridine rings is 2. The zero-order valence-corrected chi connectivity index (χ0v) is 15.4. The van der Waals surface area contributed by atoms with Gasteiger partial charge in [0.25, 0.3) is 0 Å². The molecule has 0 saturated heterocycles. The van der Waals surface area contributed by atoms with Crippen molar-refractivity contribution in [2.45, 2.75) is 44.3 Å². The first kappa shape index (κ1) is 17.3. The topological polar surface area (TPSA) is 49.8 Å². The summed E-state index contributed by atoms with van der Waals surface area (Å²) in [5.74, 6) is 0. The van der Waals surface area contributed by atoms with Crippen molar-refractivity contribution in [2.75, 3.05) is 5.32 Å². The Bertz CT molecular complexity index is 860. The molecule has 2 N–H and O–H groups in total. The van der Waals surface area contributed by atoms with Crippen molar-refractivity contribution in [3.63, 3.8) is 0 Å². The summed E-state index contributed by atoms with van der Waals surface area (Å²) >= 11 is 6.08. The highest BCUT2D eigenvalue weighted by Gasteiger charge is 2.21. The van der Waals surface area contributed by atoms with E-state index in [2.05, 4.69) is 32.7 Å². The summed E-state index contributed by atoms with van der Waals surface area (Å²) in [6.07, 6.45) is 10.3. The molecule has 1 aliphatic carbocycles. The van der Waals surface area contributed by atoms with Crippen molar-refractivity contribution in [3.8, 4) is 0 Å². The number of fused-ring (bicyclic) bond motifs is 1. The van der Waals surface area contributed by atoms with E-state index in [1.54, 1.807) is 0 Å². The zero-order chi connectivity index (χ0) is 17.8. The summed E-state index contributed by atoms with van der Waals surface area (Å²) in [5.41, 5.74) is 3.34. The van der Waals surface area contributed by atoms with Gasteiger partial charge in [-0.25, -0.2) is 0 Å². The quantitative estimate of drug-likeness (QED) is 0.681. The van der Waals surface area contributed by atoms with E-state index in [9.17, 15) is 0 Å². The fraction of sp³-hybridized carbons (Fsp3) is 0.333. The Kier molecular flexibility index (Phi) is 5.32. The highest BCUT2D eigenvalue weighted by Crippen LogP contribution is 2.28. The van der Waals surface area contributed by atoms with Gasteiger partial charge in [-0.15, -0.1) is 0 Å². The molecule has 2 aromatic heterocycles. The van der Waals surface area contributed by atoms with Gasteiger partial charge in [-0.2, -0.15) is 0 Å². The molecule has 1 saturated carbocycles. The number of hydrogen-bond acceptors (Lipinski definition) is 4. The van der Waals surface area contributed by atoms with Crippen LogP contribution in [0.2, 0.25) is 5.02 Å². The predicted octanol–water partition coefficient (Wildman–Crippen LogP) is 4.80. The maximum atomic E-state index is 6.08. The number of nitrogens with zero attached hydrogens (tertiary/aromatic N) is 2. The van der Waals surface area contributed by atoms with Gasteiger partial charge < -0.3 is 10.6 Å². The van der Waals surface area contributed by atoms with Crippen LogP contribution in [0.3, 0.4) is 0 Å². The second kappa shape index (κ2) is 8.02. The van der Waals surface area contributed by atoms with Gasteiger partial charge in [0.15, 0.2) is 0 Å². The van der Waals surface area contributed by atoms with Gasteiger partial charge >= 0.3 is 0 Å². The molecule has 2 heterocycles. The Balaban J connectivity index is 1.33.